The van der Waals surface area contributed by atoms with Crippen LogP contribution in [0, 0.1) is 13.8 Å². The second-order valence-corrected chi connectivity index (χ2v) is 11.2. The van der Waals surface area contributed by atoms with Gasteiger partial charge in [0.2, 0.25) is 6.79 Å². The summed E-state index contributed by atoms with van der Waals surface area (Å²) < 4.78 is 36.8. The number of aliphatic imine (C=N–C) groups is 1. The fourth-order valence-electron chi connectivity index (χ4n) is 4.35. The van der Waals surface area contributed by atoms with Crippen molar-refractivity contribution in [2.75, 3.05) is 24.1 Å². The molecular weight excluding hydrogens is 436 g/mol. The van der Waals surface area contributed by atoms with Gasteiger partial charge in [-0.1, -0.05) is 17.8 Å². The Kier molecular flexibility index (Phi) is 5.21. The molecule has 4 heterocycles. The number of nitrogens with zero attached hydrogens (tertiary/aromatic N) is 3. The van der Waals surface area contributed by atoms with Crippen LogP contribution < -0.4 is 14.9 Å². The summed E-state index contributed by atoms with van der Waals surface area (Å²) in [6.07, 6.45) is 0.675. The lowest BCUT2D eigenvalue weighted by Gasteiger charge is -2.18. The van der Waals surface area contributed by atoms with Crippen LogP contribution in [0.25, 0.3) is 0 Å². The van der Waals surface area contributed by atoms with Gasteiger partial charge in [-0.3, -0.25) is 10.4 Å². The number of benzene rings is 1. The van der Waals surface area contributed by atoms with E-state index < -0.39 is 9.84 Å². The number of amidine groups is 1. The molecule has 164 valence electrons. The first-order valence-corrected chi connectivity index (χ1v) is 13.0. The molecule has 0 bridgehead atoms. The molecule has 10 heteroatoms. The number of hydrazone groups is 1. The molecule has 2 aromatic rings. The number of aryl methyl sites for hydroxylation is 1. The molecule has 1 aromatic heterocycles. The van der Waals surface area contributed by atoms with Gasteiger partial charge >= 0.3 is 0 Å². The first-order chi connectivity index (χ1) is 14.9. The number of aromatic nitrogens is 1. The Labute approximate surface area is 185 Å². The van der Waals surface area contributed by atoms with Gasteiger partial charge in [-0.15, -0.1) is 0 Å². The maximum Gasteiger partial charge on any atom is 0.231 e. The number of sulfone groups is 1. The Bertz CT molecular complexity index is 1200. The van der Waals surface area contributed by atoms with E-state index in [0.29, 0.717) is 18.7 Å². The molecule has 31 heavy (non-hydrogen) atoms. The van der Waals surface area contributed by atoms with E-state index in [4.69, 9.17) is 9.47 Å². The van der Waals surface area contributed by atoms with E-state index in [0.717, 1.165) is 44.9 Å². The zero-order chi connectivity index (χ0) is 21.6. The molecule has 5 rings (SSSR count). The summed E-state index contributed by atoms with van der Waals surface area (Å²) >= 11 is 1.61. The fourth-order valence-corrected chi connectivity index (χ4v) is 6.81. The third kappa shape index (κ3) is 4.06. The highest BCUT2D eigenvalue weighted by molar-refractivity contribution is 8.14. The third-order valence-corrected chi connectivity index (χ3v) is 8.51. The van der Waals surface area contributed by atoms with E-state index in [9.17, 15) is 8.42 Å². The van der Waals surface area contributed by atoms with E-state index >= 15 is 0 Å². The van der Waals surface area contributed by atoms with Crippen molar-refractivity contribution in [3.05, 3.63) is 46.8 Å². The monoisotopic (exact) mass is 460 g/mol. The summed E-state index contributed by atoms with van der Waals surface area (Å²) in [5.41, 5.74) is 8.28. The lowest BCUT2D eigenvalue weighted by atomic mass is 10.1. The molecule has 0 radical (unpaired) electrons. The lowest BCUT2D eigenvalue weighted by molar-refractivity contribution is 0.174. The van der Waals surface area contributed by atoms with Gasteiger partial charge in [0.15, 0.2) is 26.5 Å². The molecule has 0 saturated carbocycles. The molecule has 1 aromatic carbocycles. The molecule has 0 aliphatic carbocycles. The molecule has 1 N–H and O–H groups in total. The van der Waals surface area contributed by atoms with E-state index in [1.54, 1.807) is 11.8 Å². The van der Waals surface area contributed by atoms with Crippen LogP contribution in [0.3, 0.4) is 0 Å². The van der Waals surface area contributed by atoms with Crippen molar-refractivity contribution >= 4 is 32.5 Å². The zero-order valence-corrected chi connectivity index (χ0v) is 19.1. The molecule has 1 fully saturated rings. The standard InChI is InChI=1S/C21H24N4O4S2/c1-13-7-17(14(2)25(13)16-5-6-31(26,27)11-16)18-10-30-21(24-23-18)22-9-15-3-4-19-20(8-15)29-12-28-19/h3-4,7-8,16H,5-6,9-12H2,1-2H3,(H,22,24)/t16-/m0/s1. The zero-order valence-electron chi connectivity index (χ0n) is 17.4. The minimum atomic E-state index is -2.93. The largest absolute Gasteiger partial charge is 0.454 e. The Morgan fingerprint density at radius 3 is 2.84 bits per heavy atom. The van der Waals surface area contributed by atoms with Gasteiger partial charge in [0, 0.05) is 28.7 Å². The average molecular weight is 461 g/mol. The van der Waals surface area contributed by atoms with Crippen LogP contribution in [-0.2, 0) is 16.4 Å². The smallest absolute Gasteiger partial charge is 0.231 e. The van der Waals surface area contributed by atoms with Crippen molar-refractivity contribution < 1.29 is 17.9 Å². The van der Waals surface area contributed by atoms with E-state index in [1.165, 1.54) is 0 Å². The normalized spacial score (nSPS) is 23.1. The second-order valence-electron chi connectivity index (χ2n) is 7.98. The van der Waals surface area contributed by atoms with E-state index in [-0.39, 0.29) is 24.3 Å². The minimum absolute atomic E-state index is 0.0161. The van der Waals surface area contributed by atoms with Gasteiger partial charge in [0.05, 0.1) is 23.8 Å². The summed E-state index contributed by atoms with van der Waals surface area (Å²) in [5.74, 6) is 2.72. The van der Waals surface area contributed by atoms with E-state index in [2.05, 4.69) is 26.2 Å². The lowest BCUT2D eigenvalue weighted by Crippen LogP contribution is -2.26. The van der Waals surface area contributed by atoms with Crippen molar-refractivity contribution in [1.82, 2.24) is 9.99 Å². The van der Waals surface area contributed by atoms with Gasteiger partial charge in [-0.25, -0.2) is 8.42 Å². The van der Waals surface area contributed by atoms with Crippen LogP contribution in [0.2, 0.25) is 0 Å². The van der Waals surface area contributed by atoms with Crippen molar-refractivity contribution in [1.29, 1.82) is 0 Å². The molecular formula is C21H24N4O4S2. The van der Waals surface area contributed by atoms with Crippen LogP contribution >= 0.6 is 11.8 Å². The van der Waals surface area contributed by atoms with E-state index in [1.807, 2.05) is 32.0 Å². The summed E-state index contributed by atoms with van der Waals surface area (Å²) in [6.45, 7) is 4.87. The summed E-state index contributed by atoms with van der Waals surface area (Å²) in [5, 5.41) is 5.34. The van der Waals surface area contributed by atoms with Gasteiger partial charge in [-0.2, -0.15) is 5.10 Å². The molecule has 0 spiro atoms. The molecule has 1 saturated heterocycles. The van der Waals surface area contributed by atoms with Gasteiger partial charge in [-0.05, 0) is 44.0 Å². The summed E-state index contributed by atoms with van der Waals surface area (Å²) in [4.78, 5) is 4.62. The predicted molar refractivity (Wildman–Crippen MR) is 122 cm³/mol. The van der Waals surface area contributed by atoms with Crippen molar-refractivity contribution in [3.8, 4) is 11.5 Å². The maximum absolute atomic E-state index is 11.9. The summed E-state index contributed by atoms with van der Waals surface area (Å²) in [7, 11) is -2.93. The average Bonchev–Trinajstić information content (AvgIpc) is 3.43. The first kappa shape index (κ1) is 20.4. The highest BCUT2D eigenvalue weighted by Gasteiger charge is 2.31. The topological polar surface area (TPSA) is 94.3 Å². The SMILES string of the molecule is Cc1cc(C2=NNC(=NCc3ccc4c(c3)OCO4)SC2)c(C)n1[C@H]1CCS(=O)(=O)C1. The maximum atomic E-state index is 11.9. The molecule has 0 unspecified atom stereocenters. The first-order valence-electron chi connectivity index (χ1n) is 10.2. The second kappa shape index (κ2) is 7.90. The van der Waals surface area contributed by atoms with Crippen molar-refractivity contribution in [3.63, 3.8) is 0 Å². The van der Waals surface area contributed by atoms with Gasteiger partial charge < -0.3 is 14.0 Å². The number of hydrogen-bond donors (Lipinski definition) is 1. The quantitative estimate of drug-likeness (QED) is 0.754. The number of rotatable bonds is 4. The Balaban J connectivity index is 1.29. The van der Waals surface area contributed by atoms with Gasteiger partial charge in [0.1, 0.15) is 0 Å². The Hall–Kier alpha value is -2.46. The number of thioether (sulfide) groups is 1. The number of fused-ring (bicyclic) bond motifs is 1. The summed E-state index contributed by atoms with van der Waals surface area (Å²) in [6, 6.07) is 7.96. The van der Waals surface area contributed by atoms with Crippen LogP contribution in [0.15, 0.2) is 34.4 Å². The van der Waals surface area contributed by atoms with Crippen LogP contribution in [0.1, 0.15) is 35.0 Å². The minimum Gasteiger partial charge on any atom is -0.454 e. The number of hydrogen-bond acceptors (Lipinski definition) is 7. The molecule has 1 atom stereocenters. The molecule has 8 nitrogen and oxygen atoms in total. The number of nitrogens with one attached hydrogen (secondary N) is 1. The molecule has 3 aliphatic rings. The van der Waals surface area contributed by atoms with Crippen molar-refractivity contribution in [2.45, 2.75) is 32.9 Å². The van der Waals surface area contributed by atoms with Crippen LogP contribution in [0.4, 0.5) is 0 Å². The highest BCUT2D eigenvalue weighted by atomic mass is 32.2. The van der Waals surface area contributed by atoms with Crippen LogP contribution in [0.5, 0.6) is 11.5 Å². The molecule has 3 aliphatic heterocycles. The predicted octanol–water partition coefficient (Wildman–Crippen LogP) is 2.79. The highest BCUT2D eigenvalue weighted by Crippen LogP contribution is 2.33. The van der Waals surface area contributed by atoms with Gasteiger partial charge in [0.25, 0.3) is 0 Å². The van der Waals surface area contributed by atoms with Crippen molar-refractivity contribution in [2.24, 2.45) is 10.1 Å². The fraction of sp³-hybridized carbons (Fsp3) is 0.429. The Morgan fingerprint density at radius 2 is 2.10 bits per heavy atom. The van der Waals surface area contributed by atoms with Crippen LogP contribution in [-0.4, -0.2) is 47.9 Å². The third-order valence-electron chi connectivity index (χ3n) is 5.84. The molecule has 0 amide bonds. The number of ether oxygens (including phenoxy) is 2. The Morgan fingerprint density at radius 1 is 1.26 bits per heavy atom.